The van der Waals surface area contributed by atoms with Gasteiger partial charge in [-0.2, -0.15) is 5.10 Å². The standard InChI is InChI=1S/C24H30N6O/c1-16-5-4-8-25-22(16)14-30-12-19-9-18(10-20(19)13-30)15-31-23-7-6-21(27-28-23)24-17(2)11-26-29(24)3/h4-8,11,18-20H,9-10,12-15H2,1-3H3. The quantitative estimate of drug-likeness (QED) is 0.611. The number of aromatic nitrogens is 5. The summed E-state index contributed by atoms with van der Waals surface area (Å²) in [7, 11) is 1.92. The smallest absolute Gasteiger partial charge is 0.233 e. The number of fused-ring (bicyclic) bond motifs is 1. The fraction of sp³-hybridized carbons (Fsp3) is 0.500. The van der Waals surface area contributed by atoms with Crippen molar-refractivity contribution < 1.29 is 4.74 Å². The van der Waals surface area contributed by atoms with Gasteiger partial charge < -0.3 is 4.74 Å². The Morgan fingerprint density at radius 1 is 1.03 bits per heavy atom. The Morgan fingerprint density at radius 2 is 1.84 bits per heavy atom. The normalized spacial score (nSPS) is 23.3. The summed E-state index contributed by atoms with van der Waals surface area (Å²) in [4.78, 5) is 7.14. The van der Waals surface area contributed by atoms with E-state index in [1.165, 1.54) is 37.2 Å². The second kappa shape index (κ2) is 8.38. The highest BCUT2D eigenvalue weighted by Gasteiger charge is 2.41. The van der Waals surface area contributed by atoms with Crippen molar-refractivity contribution in [2.45, 2.75) is 33.2 Å². The van der Waals surface area contributed by atoms with Gasteiger partial charge in [-0.1, -0.05) is 6.07 Å². The van der Waals surface area contributed by atoms with Crippen LogP contribution in [0.25, 0.3) is 11.4 Å². The van der Waals surface area contributed by atoms with Gasteiger partial charge in [-0.05, 0) is 67.7 Å². The lowest BCUT2D eigenvalue weighted by molar-refractivity contribution is 0.219. The number of aryl methyl sites for hydroxylation is 3. The molecule has 0 radical (unpaired) electrons. The molecule has 0 aromatic carbocycles. The Morgan fingerprint density at radius 3 is 2.48 bits per heavy atom. The van der Waals surface area contributed by atoms with Gasteiger partial charge in [0.1, 0.15) is 5.69 Å². The van der Waals surface area contributed by atoms with Crippen LogP contribution in [0.5, 0.6) is 5.88 Å². The zero-order valence-corrected chi connectivity index (χ0v) is 18.5. The fourth-order valence-corrected chi connectivity index (χ4v) is 5.33. The molecule has 31 heavy (non-hydrogen) atoms. The summed E-state index contributed by atoms with van der Waals surface area (Å²) in [5, 5.41) is 12.9. The third-order valence-corrected chi connectivity index (χ3v) is 6.89. The van der Waals surface area contributed by atoms with Crippen molar-refractivity contribution in [2.75, 3.05) is 19.7 Å². The van der Waals surface area contributed by atoms with E-state index in [1.54, 1.807) is 0 Å². The lowest BCUT2D eigenvalue weighted by Gasteiger charge is -2.19. The summed E-state index contributed by atoms with van der Waals surface area (Å²) >= 11 is 0. The van der Waals surface area contributed by atoms with Crippen LogP contribution in [-0.4, -0.2) is 49.6 Å². The number of hydrogen-bond acceptors (Lipinski definition) is 6. The summed E-state index contributed by atoms with van der Waals surface area (Å²) in [6, 6.07) is 8.05. The van der Waals surface area contributed by atoms with Crippen LogP contribution >= 0.6 is 0 Å². The van der Waals surface area contributed by atoms with E-state index in [-0.39, 0.29) is 0 Å². The Hall–Kier alpha value is -2.80. The van der Waals surface area contributed by atoms with E-state index in [4.69, 9.17) is 4.74 Å². The van der Waals surface area contributed by atoms with Crippen LogP contribution in [-0.2, 0) is 13.6 Å². The predicted octanol–water partition coefficient (Wildman–Crippen LogP) is 3.43. The van der Waals surface area contributed by atoms with Gasteiger partial charge in [0.25, 0.3) is 0 Å². The van der Waals surface area contributed by atoms with E-state index in [0.717, 1.165) is 41.9 Å². The Kier molecular flexibility index (Phi) is 5.44. The molecule has 5 rings (SSSR count). The van der Waals surface area contributed by atoms with Crippen LogP contribution in [0.2, 0.25) is 0 Å². The number of pyridine rings is 1. The maximum absolute atomic E-state index is 6.01. The molecule has 4 heterocycles. The van der Waals surface area contributed by atoms with Crippen LogP contribution in [0.1, 0.15) is 29.7 Å². The molecule has 1 saturated carbocycles. The number of likely N-dealkylation sites (tertiary alicyclic amines) is 1. The van der Waals surface area contributed by atoms with Crippen molar-refractivity contribution in [3.63, 3.8) is 0 Å². The fourth-order valence-electron chi connectivity index (χ4n) is 5.33. The molecule has 2 fully saturated rings. The van der Waals surface area contributed by atoms with Crippen LogP contribution < -0.4 is 4.74 Å². The number of hydrogen-bond donors (Lipinski definition) is 0. The zero-order valence-electron chi connectivity index (χ0n) is 18.5. The third-order valence-electron chi connectivity index (χ3n) is 6.89. The number of ether oxygens (including phenoxy) is 1. The molecule has 3 aromatic rings. The molecule has 0 bridgehead atoms. The minimum Gasteiger partial charge on any atom is -0.476 e. The first-order valence-corrected chi connectivity index (χ1v) is 11.1. The molecule has 7 nitrogen and oxygen atoms in total. The largest absolute Gasteiger partial charge is 0.476 e. The molecule has 0 amide bonds. The van der Waals surface area contributed by atoms with Gasteiger partial charge in [0.05, 0.1) is 24.2 Å². The van der Waals surface area contributed by atoms with Crippen LogP contribution in [0.3, 0.4) is 0 Å². The molecule has 2 unspecified atom stereocenters. The summed E-state index contributed by atoms with van der Waals surface area (Å²) in [5.74, 6) is 2.76. The first-order chi connectivity index (χ1) is 15.1. The summed E-state index contributed by atoms with van der Waals surface area (Å²) in [6.07, 6.45) is 6.22. The third kappa shape index (κ3) is 4.19. The van der Waals surface area contributed by atoms with Gasteiger partial charge in [0.15, 0.2) is 0 Å². The zero-order chi connectivity index (χ0) is 21.4. The number of nitrogens with zero attached hydrogens (tertiary/aromatic N) is 6. The van der Waals surface area contributed by atoms with E-state index in [1.807, 2.05) is 49.2 Å². The average molecular weight is 419 g/mol. The molecule has 1 aliphatic carbocycles. The van der Waals surface area contributed by atoms with Crippen molar-refractivity contribution >= 4 is 0 Å². The van der Waals surface area contributed by atoms with Gasteiger partial charge in [0.2, 0.25) is 5.88 Å². The second-order valence-corrected chi connectivity index (χ2v) is 9.19. The van der Waals surface area contributed by atoms with E-state index < -0.39 is 0 Å². The average Bonchev–Trinajstić information content (AvgIpc) is 3.42. The molecule has 0 spiro atoms. The van der Waals surface area contributed by atoms with Crippen molar-refractivity contribution in [3.05, 3.63) is 53.5 Å². The molecule has 162 valence electrons. The molecule has 7 heteroatoms. The molecule has 0 N–H and O–H groups in total. The first kappa shape index (κ1) is 20.1. The molecule has 2 aliphatic rings. The molecule has 2 atom stereocenters. The minimum absolute atomic E-state index is 0.605. The van der Waals surface area contributed by atoms with E-state index >= 15 is 0 Å². The highest BCUT2D eigenvalue weighted by atomic mass is 16.5. The molecular formula is C24H30N6O. The topological polar surface area (TPSA) is 69.0 Å². The van der Waals surface area contributed by atoms with E-state index in [0.29, 0.717) is 11.8 Å². The summed E-state index contributed by atoms with van der Waals surface area (Å²) < 4.78 is 7.84. The Bertz CT molecular complexity index is 1010. The maximum Gasteiger partial charge on any atom is 0.233 e. The summed E-state index contributed by atoms with van der Waals surface area (Å²) in [5.41, 5.74) is 5.41. The van der Waals surface area contributed by atoms with E-state index in [9.17, 15) is 0 Å². The van der Waals surface area contributed by atoms with Gasteiger partial charge in [-0.25, -0.2) is 0 Å². The van der Waals surface area contributed by atoms with Gasteiger partial charge >= 0.3 is 0 Å². The highest BCUT2D eigenvalue weighted by Crippen LogP contribution is 2.42. The van der Waals surface area contributed by atoms with Crippen LogP contribution in [0.15, 0.2) is 36.7 Å². The van der Waals surface area contributed by atoms with Crippen LogP contribution in [0.4, 0.5) is 0 Å². The molecule has 1 aliphatic heterocycles. The van der Waals surface area contributed by atoms with Gasteiger partial charge in [-0.15, -0.1) is 10.2 Å². The lowest BCUT2D eigenvalue weighted by atomic mass is 10.0. The Labute approximate surface area is 183 Å². The number of rotatable bonds is 6. The first-order valence-electron chi connectivity index (χ1n) is 11.1. The Balaban J connectivity index is 1.12. The van der Waals surface area contributed by atoms with Crippen molar-refractivity contribution in [1.29, 1.82) is 0 Å². The predicted molar refractivity (Wildman–Crippen MR) is 118 cm³/mol. The van der Waals surface area contributed by atoms with E-state index in [2.05, 4.69) is 38.2 Å². The van der Waals surface area contributed by atoms with Crippen LogP contribution in [0, 0.1) is 31.6 Å². The van der Waals surface area contributed by atoms with Crippen molar-refractivity contribution in [1.82, 2.24) is 29.9 Å². The van der Waals surface area contributed by atoms with Gasteiger partial charge in [0, 0.05) is 38.9 Å². The van der Waals surface area contributed by atoms with Crippen molar-refractivity contribution in [3.8, 4) is 17.3 Å². The van der Waals surface area contributed by atoms with Crippen molar-refractivity contribution in [2.24, 2.45) is 24.8 Å². The monoisotopic (exact) mass is 418 g/mol. The maximum atomic E-state index is 6.01. The molecule has 1 saturated heterocycles. The SMILES string of the molecule is Cc1cccnc1CN1CC2CC(COc3ccc(-c4c(C)cnn4C)nn3)CC2C1. The molecule has 3 aromatic heterocycles. The highest BCUT2D eigenvalue weighted by molar-refractivity contribution is 5.58. The summed E-state index contributed by atoms with van der Waals surface area (Å²) in [6.45, 7) is 8.24. The second-order valence-electron chi connectivity index (χ2n) is 9.19. The van der Waals surface area contributed by atoms with Gasteiger partial charge in [-0.3, -0.25) is 14.6 Å². The molecular weight excluding hydrogens is 388 g/mol. The minimum atomic E-state index is 0.605. The lowest BCUT2D eigenvalue weighted by Crippen LogP contribution is -2.23.